The first-order valence-electron chi connectivity index (χ1n) is 7.56. The van der Waals surface area contributed by atoms with Gasteiger partial charge in [-0.2, -0.15) is 11.3 Å². The summed E-state index contributed by atoms with van der Waals surface area (Å²) in [6, 6.07) is 7.07. The van der Waals surface area contributed by atoms with Crippen molar-refractivity contribution in [1.82, 2.24) is 10.3 Å². The van der Waals surface area contributed by atoms with E-state index >= 15 is 0 Å². The lowest BCUT2D eigenvalue weighted by Crippen LogP contribution is -2.36. The number of pyridine rings is 1. The molecule has 1 aliphatic carbocycles. The molecule has 20 heavy (non-hydrogen) atoms. The first-order chi connectivity index (χ1) is 9.88. The highest BCUT2D eigenvalue weighted by Crippen LogP contribution is 2.35. The molecule has 2 atom stereocenters. The van der Waals surface area contributed by atoms with E-state index in [1.165, 1.54) is 36.1 Å². The molecule has 1 N–H and O–H groups in total. The van der Waals surface area contributed by atoms with Gasteiger partial charge in [0, 0.05) is 23.9 Å². The molecule has 3 rings (SSSR count). The van der Waals surface area contributed by atoms with Crippen LogP contribution in [0.1, 0.15) is 42.5 Å². The van der Waals surface area contributed by atoms with Gasteiger partial charge in [0.25, 0.3) is 0 Å². The summed E-state index contributed by atoms with van der Waals surface area (Å²) >= 11 is 1.79. The third-order valence-electron chi connectivity index (χ3n) is 4.18. The van der Waals surface area contributed by atoms with Crippen LogP contribution in [0.15, 0.2) is 35.2 Å². The van der Waals surface area contributed by atoms with Gasteiger partial charge < -0.3 is 5.32 Å². The van der Waals surface area contributed by atoms with Crippen LogP contribution in [0.3, 0.4) is 0 Å². The third-order valence-corrected chi connectivity index (χ3v) is 4.91. The summed E-state index contributed by atoms with van der Waals surface area (Å²) in [4.78, 5) is 4.66. The van der Waals surface area contributed by atoms with E-state index < -0.39 is 0 Å². The van der Waals surface area contributed by atoms with Crippen LogP contribution in [-0.4, -0.2) is 17.6 Å². The molecular weight excluding hydrogens is 264 g/mol. The van der Waals surface area contributed by atoms with Gasteiger partial charge in [0.05, 0.1) is 0 Å². The Morgan fingerprint density at radius 3 is 3.20 bits per heavy atom. The topological polar surface area (TPSA) is 24.9 Å². The first kappa shape index (κ1) is 13.8. The van der Waals surface area contributed by atoms with E-state index in [1.807, 2.05) is 6.20 Å². The van der Waals surface area contributed by atoms with E-state index in [0.29, 0.717) is 12.0 Å². The molecule has 0 amide bonds. The van der Waals surface area contributed by atoms with Gasteiger partial charge >= 0.3 is 0 Å². The zero-order valence-corrected chi connectivity index (χ0v) is 12.8. The van der Waals surface area contributed by atoms with Crippen LogP contribution in [0.2, 0.25) is 0 Å². The van der Waals surface area contributed by atoms with E-state index in [1.54, 1.807) is 11.3 Å². The summed E-state index contributed by atoms with van der Waals surface area (Å²) in [5.74, 6) is 0.567. The van der Waals surface area contributed by atoms with Crippen molar-refractivity contribution in [3.8, 4) is 0 Å². The van der Waals surface area contributed by atoms with Crippen molar-refractivity contribution < 1.29 is 0 Å². The quantitative estimate of drug-likeness (QED) is 0.874. The molecular formula is C17H22N2S. The third kappa shape index (κ3) is 2.94. The lowest BCUT2D eigenvalue weighted by Gasteiger charge is -2.25. The molecule has 0 fully saturated rings. The molecule has 106 valence electrons. The Morgan fingerprint density at radius 1 is 1.45 bits per heavy atom. The highest BCUT2D eigenvalue weighted by molar-refractivity contribution is 7.07. The molecule has 2 nitrogen and oxygen atoms in total. The van der Waals surface area contributed by atoms with E-state index in [4.69, 9.17) is 0 Å². The number of fused-ring (bicyclic) bond motifs is 1. The van der Waals surface area contributed by atoms with Crippen molar-refractivity contribution in [3.05, 3.63) is 52.0 Å². The Bertz CT molecular complexity index is 536. The monoisotopic (exact) mass is 286 g/mol. The Hall–Kier alpha value is -1.19. The number of hydrogen-bond acceptors (Lipinski definition) is 3. The minimum absolute atomic E-state index is 0.515. The molecule has 2 aromatic heterocycles. The maximum Gasteiger partial charge on any atom is 0.0482 e. The second-order valence-electron chi connectivity index (χ2n) is 5.59. The number of hydrogen-bond donors (Lipinski definition) is 1. The van der Waals surface area contributed by atoms with E-state index in [9.17, 15) is 0 Å². The Kier molecular flexibility index (Phi) is 4.48. The van der Waals surface area contributed by atoms with Crippen molar-refractivity contribution in [3.63, 3.8) is 0 Å². The summed E-state index contributed by atoms with van der Waals surface area (Å²) in [6.07, 6.45) is 6.66. The normalized spacial score (nSPS) is 18.9. The predicted molar refractivity (Wildman–Crippen MR) is 85.4 cm³/mol. The van der Waals surface area contributed by atoms with Gasteiger partial charge in [-0.05, 0) is 66.2 Å². The fourth-order valence-electron chi connectivity index (χ4n) is 3.18. The summed E-state index contributed by atoms with van der Waals surface area (Å²) in [5, 5.41) is 8.20. The van der Waals surface area contributed by atoms with Crippen LogP contribution in [0.4, 0.5) is 0 Å². The SMILES string of the molecule is CCCNC(Cc1ccsc1)C1CCc2cccnc21. The summed E-state index contributed by atoms with van der Waals surface area (Å²) in [7, 11) is 0. The second-order valence-corrected chi connectivity index (χ2v) is 6.37. The Morgan fingerprint density at radius 2 is 2.40 bits per heavy atom. The van der Waals surface area contributed by atoms with Gasteiger partial charge in [-0.15, -0.1) is 0 Å². The molecule has 2 unspecified atom stereocenters. The number of nitrogens with zero attached hydrogens (tertiary/aromatic N) is 1. The molecule has 2 aromatic rings. The van der Waals surface area contributed by atoms with Crippen molar-refractivity contribution in [1.29, 1.82) is 0 Å². The molecule has 3 heteroatoms. The van der Waals surface area contributed by atoms with E-state index in [2.05, 4.69) is 46.2 Å². The predicted octanol–water partition coefficient (Wildman–Crippen LogP) is 3.78. The highest BCUT2D eigenvalue weighted by Gasteiger charge is 2.30. The molecule has 0 bridgehead atoms. The zero-order chi connectivity index (χ0) is 13.8. The maximum atomic E-state index is 4.66. The number of thiophene rings is 1. The van der Waals surface area contributed by atoms with Crippen LogP contribution in [0, 0.1) is 0 Å². The average Bonchev–Trinajstić information content (AvgIpc) is 3.12. The van der Waals surface area contributed by atoms with Crippen molar-refractivity contribution in [2.24, 2.45) is 0 Å². The van der Waals surface area contributed by atoms with Crippen LogP contribution in [0.5, 0.6) is 0 Å². The van der Waals surface area contributed by atoms with Crippen LogP contribution in [-0.2, 0) is 12.8 Å². The van der Waals surface area contributed by atoms with Gasteiger partial charge in [-0.1, -0.05) is 13.0 Å². The summed E-state index contributed by atoms with van der Waals surface area (Å²) in [6.45, 7) is 3.32. The molecule has 0 radical (unpaired) electrons. The molecule has 0 aromatic carbocycles. The lowest BCUT2D eigenvalue weighted by molar-refractivity contribution is 0.421. The summed E-state index contributed by atoms with van der Waals surface area (Å²) in [5.41, 5.74) is 4.23. The molecule has 1 aliphatic rings. The van der Waals surface area contributed by atoms with E-state index in [0.717, 1.165) is 13.0 Å². The lowest BCUT2D eigenvalue weighted by atomic mass is 9.92. The molecule has 0 aliphatic heterocycles. The second kappa shape index (κ2) is 6.51. The number of aromatic nitrogens is 1. The smallest absolute Gasteiger partial charge is 0.0482 e. The number of rotatable bonds is 6. The Labute approximate surface area is 125 Å². The molecule has 0 saturated heterocycles. The summed E-state index contributed by atoms with van der Waals surface area (Å²) < 4.78 is 0. The maximum absolute atomic E-state index is 4.66. The van der Waals surface area contributed by atoms with Gasteiger partial charge in [-0.3, -0.25) is 4.98 Å². The molecule has 0 spiro atoms. The minimum atomic E-state index is 0.515. The molecule has 0 saturated carbocycles. The van der Waals surface area contributed by atoms with Crippen molar-refractivity contribution in [2.45, 2.75) is 44.6 Å². The largest absolute Gasteiger partial charge is 0.313 e. The average molecular weight is 286 g/mol. The number of aryl methyl sites for hydroxylation is 1. The Balaban J connectivity index is 1.79. The first-order valence-corrected chi connectivity index (χ1v) is 8.51. The highest BCUT2D eigenvalue weighted by atomic mass is 32.1. The van der Waals surface area contributed by atoms with Gasteiger partial charge in [0.15, 0.2) is 0 Å². The van der Waals surface area contributed by atoms with Gasteiger partial charge in [0.1, 0.15) is 0 Å². The number of nitrogens with one attached hydrogen (secondary N) is 1. The van der Waals surface area contributed by atoms with Crippen LogP contribution in [0.25, 0.3) is 0 Å². The molecule has 2 heterocycles. The van der Waals surface area contributed by atoms with Crippen LogP contribution >= 0.6 is 11.3 Å². The van der Waals surface area contributed by atoms with Gasteiger partial charge in [0.2, 0.25) is 0 Å². The standard InChI is InChI=1S/C17H22N2S/c1-2-8-18-16(11-13-7-10-20-12-13)15-6-5-14-4-3-9-19-17(14)15/h3-4,7,9-10,12,15-16,18H,2,5-6,8,11H2,1H3. The van der Waals surface area contributed by atoms with Gasteiger partial charge in [-0.25, -0.2) is 0 Å². The van der Waals surface area contributed by atoms with Crippen molar-refractivity contribution >= 4 is 11.3 Å². The van der Waals surface area contributed by atoms with Crippen molar-refractivity contribution in [2.75, 3.05) is 6.54 Å². The fourth-order valence-corrected chi connectivity index (χ4v) is 3.87. The minimum Gasteiger partial charge on any atom is -0.313 e. The zero-order valence-electron chi connectivity index (χ0n) is 12.0. The van der Waals surface area contributed by atoms with Crippen LogP contribution < -0.4 is 5.32 Å². The van der Waals surface area contributed by atoms with E-state index in [-0.39, 0.29) is 0 Å². The fraction of sp³-hybridized carbons (Fsp3) is 0.471.